The van der Waals surface area contributed by atoms with E-state index in [1.807, 2.05) is 24.3 Å². The van der Waals surface area contributed by atoms with Gasteiger partial charge in [0.15, 0.2) is 5.84 Å². The van der Waals surface area contributed by atoms with Crippen LogP contribution in [0.4, 0.5) is 0 Å². The van der Waals surface area contributed by atoms with E-state index in [-0.39, 0.29) is 11.9 Å². The number of aromatic nitrogens is 1. The molecule has 0 amide bonds. The van der Waals surface area contributed by atoms with Gasteiger partial charge in [-0.25, -0.2) is 0 Å². The third-order valence-electron chi connectivity index (χ3n) is 3.21. The summed E-state index contributed by atoms with van der Waals surface area (Å²) in [5.74, 6) is 0.0173. The minimum atomic E-state index is 0.0173. The molecule has 0 aliphatic carbocycles. The topological polar surface area (TPSA) is 83.5 Å². The van der Waals surface area contributed by atoms with Gasteiger partial charge in [0.25, 0.3) is 0 Å². The molecule has 0 radical (unpaired) electrons. The summed E-state index contributed by atoms with van der Waals surface area (Å²) in [6.45, 7) is 2.67. The summed E-state index contributed by atoms with van der Waals surface area (Å²) in [5.41, 5.74) is 8.20. The van der Waals surface area contributed by atoms with Crippen molar-refractivity contribution in [2.45, 2.75) is 19.5 Å². The van der Waals surface area contributed by atoms with E-state index < -0.39 is 0 Å². The lowest BCUT2D eigenvalue weighted by atomic mass is 10.1. The molecule has 110 valence electrons. The van der Waals surface area contributed by atoms with Gasteiger partial charge in [-0.3, -0.25) is 4.98 Å². The van der Waals surface area contributed by atoms with Crippen molar-refractivity contribution in [3.8, 4) is 0 Å². The highest BCUT2D eigenvalue weighted by molar-refractivity contribution is 9.10. The van der Waals surface area contributed by atoms with E-state index in [0.717, 1.165) is 10.0 Å². The molecule has 0 bridgehead atoms. The fourth-order valence-corrected chi connectivity index (χ4v) is 2.26. The molecule has 0 saturated heterocycles. The first-order valence-corrected chi connectivity index (χ1v) is 7.31. The predicted molar refractivity (Wildman–Crippen MR) is 86.1 cm³/mol. The second kappa shape index (κ2) is 7.19. The minimum Gasteiger partial charge on any atom is -0.409 e. The van der Waals surface area contributed by atoms with Crippen LogP contribution in [-0.2, 0) is 6.54 Å². The number of pyridine rings is 1. The molecule has 0 aliphatic heterocycles. The second-order valence-electron chi connectivity index (χ2n) is 4.65. The molecular formula is C15H17BrN4O. The maximum Gasteiger partial charge on any atom is 0.189 e. The fourth-order valence-electron chi connectivity index (χ4n) is 1.99. The fraction of sp³-hybridized carbons (Fsp3) is 0.200. The van der Waals surface area contributed by atoms with Crippen LogP contribution in [0.1, 0.15) is 29.8 Å². The number of oxime groups is 1. The Bertz CT molecular complexity index is 628. The van der Waals surface area contributed by atoms with Crippen molar-refractivity contribution in [2.24, 2.45) is 10.9 Å². The Labute approximate surface area is 132 Å². The first-order valence-electron chi connectivity index (χ1n) is 6.52. The number of rotatable bonds is 5. The number of hydrogen-bond donors (Lipinski definition) is 3. The molecule has 0 aliphatic rings. The average Bonchev–Trinajstić information content (AvgIpc) is 2.52. The molecule has 21 heavy (non-hydrogen) atoms. The van der Waals surface area contributed by atoms with Gasteiger partial charge < -0.3 is 16.3 Å². The third-order valence-corrected chi connectivity index (χ3v) is 3.74. The van der Waals surface area contributed by atoms with Gasteiger partial charge in [-0.1, -0.05) is 39.3 Å². The average molecular weight is 349 g/mol. The van der Waals surface area contributed by atoms with Crippen LogP contribution in [-0.4, -0.2) is 16.0 Å². The highest BCUT2D eigenvalue weighted by atomic mass is 79.9. The van der Waals surface area contributed by atoms with Crippen LogP contribution >= 0.6 is 15.9 Å². The molecule has 5 nitrogen and oxygen atoms in total. The summed E-state index contributed by atoms with van der Waals surface area (Å²) in [7, 11) is 0. The molecular weight excluding hydrogens is 332 g/mol. The Morgan fingerprint density at radius 1 is 1.38 bits per heavy atom. The van der Waals surface area contributed by atoms with E-state index in [0.29, 0.717) is 12.2 Å². The Balaban J connectivity index is 2.08. The molecule has 6 heteroatoms. The first kappa shape index (κ1) is 15.5. The summed E-state index contributed by atoms with van der Waals surface area (Å²) in [4.78, 5) is 4.15. The van der Waals surface area contributed by atoms with Crippen molar-refractivity contribution in [3.05, 3.63) is 63.9 Å². The summed E-state index contributed by atoms with van der Waals surface area (Å²) >= 11 is 3.42. The van der Waals surface area contributed by atoms with Gasteiger partial charge in [-0.2, -0.15) is 0 Å². The SMILES string of the molecule is C[C@H](NCc1cccnc1/C(N)=N/O)c1ccc(Br)cc1. The van der Waals surface area contributed by atoms with Gasteiger partial charge in [0, 0.05) is 23.3 Å². The molecule has 1 atom stereocenters. The zero-order valence-electron chi connectivity index (χ0n) is 11.6. The molecule has 1 heterocycles. The van der Waals surface area contributed by atoms with E-state index in [1.165, 1.54) is 5.56 Å². The number of nitrogens with zero attached hydrogens (tertiary/aromatic N) is 2. The number of nitrogens with two attached hydrogens (primary N) is 1. The van der Waals surface area contributed by atoms with Crippen LogP contribution in [0.15, 0.2) is 52.2 Å². The van der Waals surface area contributed by atoms with Crippen molar-refractivity contribution in [2.75, 3.05) is 0 Å². The van der Waals surface area contributed by atoms with Crippen LogP contribution in [0.25, 0.3) is 0 Å². The van der Waals surface area contributed by atoms with Gasteiger partial charge in [-0.15, -0.1) is 0 Å². The van der Waals surface area contributed by atoms with Gasteiger partial charge >= 0.3 is 0 Å². The van der Waals surface area contributed by atoms with Crippen molar-refractivity contribution < 1.29 is 5.21 Å². The smallest absolute Gasteiger partial charge is 0.189 e. The zero-order chi connectivity index (χ0) is 15.2. The highest BCUT2D eigenvalue weighted by Gasteiger charge is 2.10. The van der Waals surface area contributed by atoms with Crippen LogP contribution in [0.5, 0.6) is 0 Å². The zero-order valence-corrected chi connectivity index (χ0v) is 13.2. The van der Waals surface area contributed by atoms with Crippen LogP contribution in [0, 0.1) is 0 Å². The maximum atomic E-state index is 8.79. The molecule has 1 aromatic heterocycles. The lowest BCUT2D eigenvalue weighted by molar-refractivity contribution is 0.318. The molecule has 0 spiro atoms. The third kappa shape index (κ3) is 4.03. The van der Waals surface area contributed by atoms with E-state index >= 15 is 0 Å². The Kier molecular flexibility index (Phi) is 5.30. The van der Waals surface area contributed by atoms with Crippen molar-refractivity contribution in [3.63, 3.8) is 0 Å². The highest BCUT2D eigenvalue weighted by Crippen LogP contribution is 2.17. The van der Waals surface area contributed by atoms with Gasteiger partial charge in [-0.05, 0) is 36.2 Å². The van der Waals surface area contributed by atoms with Crippen LogP contribution in [0.3, 0.4) is 0 Å². The lowest BCUT2D eigenvalue weighted by Gasteiger charge is -2.15. The standard InChI is InChI=1S/C15H17BrN4O/c1-10(11-4-6-13(16)7-5-11)19-9-12-3-2-8-18-14(12)15(17)20-21/h2-8,10,19,21H,9H2,1H3,(H2,17,20)/t10-/m0/s1. The van der Waals surface area contributed by atoms with Crippen molar-refractivity contribution >= 4 is 21.8 Å². The molecule has 0 saturated carbocycles. The number of halogens is 1. The predicted octanol–water partition coefficient (Wildman–Crippen LogP) is 2.79. The molecule has 1 aromatic carbocycles. The Hall–Kier alpha value is -1.92. The number of nitrogens with one attached hydrogen (secondary N) is 1. The summed E-state index contributed by atoms with van der Waals surface area (Å²) < 4.78 is 1.06. The summed E-state index contributed by atoms with van der Waals surface area (Å²) in [6.07, 6.45) is 1.62. The van der Waals surface area contributed by atoms with E-state index in [2.05, 4.69) is 50.4 Å². The quantitative estimate of drug-likeness (QED) is 0.335. The normalized spacial score (nSPS) is 13.1. The van der Waals surface area contributed by atoms with E-state index in [4.69, 9.17) is 10.9 Å². The number of benzene rings is 1. The van der Waals surface area contributed by atoms with Gasteiger partial charge in [0.05, 0.1) is 0 Å². The second-order valence-corrected chi connectivity index (χ2v) is 5.57. The number of hydrogen-bond acceptors (Lipinski definition) is 4. The molecule has 2 aromatic rings. The molecule has 0 unspecified atom stereocenters. The summed E-state index contributed by atoms with van der Waals surface area (Å²) in [6, 6.07) is 12.1. The van der Waals surface area contributed by atoms with Crippen LogP contribution in [0.2, 0.25) is 0 Å². The van der Waals surface area contributed by atoms with Crippen molar-refractivity contribution in [1.29, 1.82) is 0 Å². The van der Waals surface area contributed by atoms with E-state index in [1.54, 1.807) is 6.20 Å². The maximum absolute atomic E-state index is 8.79. The Morgan fingerprint density at radius 3 is 2.76 bits per heavy atom. The van der Waals surface area contributed by atoms with Gasteiger partial charge in [0.2, 0.25) is 0 Å². The number of amidine groups is 1. The molecule has 4 N–H and O–H groups in total. The molecule has 2 rings (SSSR count). The van der Waals surface area contributed by atoms with E-state index in [9.17, 15) is 0 Å². The first-order chi connectivity index (χ1) is 10.1. The summed E-state index contributed by atoms with van der Waals surface area (Å²) in [5, 5.41) is 15.2. The monoisotopic (exact) mass is 348 g/mol. The largest absolute Gasteiger partial charge is 0.409 e. The molecule has 0 fully saturated rings. The van der Waals surface area contributed by atoms with Crippen molar-refractivity contribution in [1.82, 2.24) is 10.3 Å². The van der Waals surface area contributed by atoms with Gasteiger partial charge in [0.1, 0.15) is 5.69 Å². The lowest BCUT2D eigenvalue weighted by Crippen LogP contribution is -2.23. The minimum absolute atomic E-state index is 0.0173. The Morgan fingerprint density at radius 2 is 2.10 bits per heavy atom. The van der Waals surface area contributed by atoms with Crippen LogP contribution < -0.4 is 11.1 Å².